The number of benzene rings is 4. The molecule has 0 N–H and O–H groups in total. The summed E-state index contributed by atoms with van der Waals surface area (Å²) in [6.07, 6.45) is 1.81. The van der Waals surface area contributed by atoms with Gasteiger partial charge in [-0.2, -0.15) is 0 Å². The molecule has 0 aliphatic rings. The molecule has 0 saturated heterocycles. The zero-order valence-electron chi connectivity index (χ0n) is 23.3. The molecular weight excluding hydrogens is 430 g/mol. The topological polar surface area (TPSA) is 17.0 Å². The minimum atomic E-state index is -2.16. The number of hydrogen-bond acceptors (Lipinski definition) is 1. The maximum atomic E-state index is 8.18. The van der Waals surface area contributed by atoms with Crippen LogP contribution in [0, 0.1) is 13.8 Å². The molecule has 34 heavy (non-hydrogen) atoms. The van der Waals surface area contributed by atoms with Crippen LogP contribution in [0.4, 0.5) is 0 Å². The molecule has 0 saturated carbocycles. The first kappa shape index (κ1) is 18.0. The molecule has 0 bridgehead atoms. The van der Waals surface area contributed by atoms with Gasteiger partial charge in [-0.3, -0.25) is 0 Å². The molecule has 6 aromatic rings. The molecule has 0 spiro atoms. The van der Waals surface area contributed by atoms with E-state index >= 15 is 0 Å². The van der Waals surface area contributed by atoms with Crippen molar-refractivity contribution in [1.82, 2.24) is 0 Å². The SMILES string of the molecule is [2H]C([2H])([2H])c1c[n+](C)c(-c2c(C)ccc3c2oc2c3ccc3ccc4ccccc4c32)cc1[Si](C)(C)C. The fraction of sp³-hybridized carbons (Fsp3) is 0.194. The van der Waals surface area contributed by atoms with E-state index in [-0.39, 0.29) is 0 Å². The van der Waals surface area contributed by atoms with Gasteiger partial charge in [-0.1, -0.05) is 74.2 Å². The summed E-state index contributed by atoms with van der Waals surface area (Å²) in [6.45, 7) is 6.54. The second-order valence-corrected chi connectivity index (χ2v) is 15.4. The zero-order valence-corrected chi connectivity index (χ0v) is 21.3. The summed E-state index contributed by atoms with van der Waals surface area (Å²) in [5, 5.41) is 7.76. The standard InChI is InChI=1S/C31H30NOSi/c1-19-11-15-24-25-16-14-22-13-12-21-9-7-8-10-23(21)29(22)31(25)33-30(24)28(19)26-17-27(34(4,5)6)20(2)18-32(26)3/h7-18H,1-6H3/q+1/i2D3. The van der Waals surface area contributed by atoms with Crippen molar-refractivity contribution in [1.29, 1.82) is 0 Å². The molecule has 3 heteroatoms. The van der Waals surface area contributed by atoms with Crippen LogP contribution < -0.4 is 9.75 Å². The van der Waals surface area contributed by atoms with Crippen molar-refractivity contribution in [3.63, 3.8) is 0 Å². The van der Waals surface area contributed by atoms with Crippen molar-refractivity contribution < 1.29 is 13.1 Å². The highest BCUT2D eigenvalue weighted by Crippen LogP contribution is 2.41. The van der Waals surface area contributed by atoms with Crippen molar-refractivity contribution in [2.75, 3.05) is 0 Å². The molecule has 2 aromatic heterocycles. The predicted molar refractivity (Wildman–Crippen MR) is 148 cm³/mol. The summed E-state index contributed by atoms with van der Waals surface area (Å²) >= 11 is 0. The lowest BCUT2D eigenvalue weighted by atomic mass is 9.98. The summed E-state index contributed by atoms with van der Waals surface area (Å²) < 4.78 is 33.3. The number of nitrogens with zero attached hydrogens (tertiary/aromatic N) is 1. The fourth-order valence-corrected chi connectivity index (χ4v) is 6.76. The Morgan fingerprint density at radius 1 is 0.794 bits per heavy atom. The van der Waals surface area contributed by atoms with Crippen LogP contribution >= 0.6 is 0 Å². The molecule has 0 atom stereocenters. The molecule has 0 fully saturated rings. The van der Waals surface area contributed by atoms with Crippen LogP contribution in [0.5, 0.6) is 0 Å². The number of hydrogen-bond donors (Lipinski definition) is 0. The molecule has 0 amide bonds. The molecule has 4 aromatic carbocycles. The van der Waals surface area contributed by atoms with Crippen molar-refractivity contribution in [3.8, 4) is 11.3 Å². The van der Waals surface area contributed by atoms with E-state index in [2.05, 4.69) is 93.3 Å². The van der Waals surface area contributed by atoms with Gasteiger partial charge in [0.2, 0.25) is 5.69 Å². The van der Waals surface area contributed by atoms with E-state index in [9.17, 15) is 0 Å². The number of pyridine rings is 1. The molecule has 0 unspecified atom stereocenters. The number of aryl methyl sites for hydroxylation is 3. The Kier molecular flexibility index (Phi) is 3.85. The Morgan fingerprint density at radius 3 is 2.29 bits per heavy atom. The van der Waals surface area contributed by atoms with Gasteiger partial charge in [0.05, 0.1) is 13.6 Å². The van der Waals surface area contributed by atoms with Gasteiger partial charge in [-0.05, 0) is 46.8 Å². The van der Waals surface area contributed by atoms with E-state index in [0.717, 1.165) is 54.7 Å². The van der Waals surface area contributed by atoms with Crippen molar-refractivity contribution >= 4 is 56.7 Å². The summed E-state index contributed by atoms with van der Waals surface area (Å²) in [7, 11) is -0.0294. The third-order valence-electron chi connectivity index (χ3n) is 7.06. The average molecular weight is 464 g/mol. The van der Waals surface area contributed by atoms with Gasteiger partial charge < -0.3 is 4.42 Å². The largest absolute Gasteiger partial charge is 0.454 e. The molecule has 2 nitrogen and oxygen atoms in total. The minimum absolute atomic E-state index is 0.449. The molecule has 0 aliphatic carbocycles. The smallest absolute Gasteiger partial charge is 0.216 e. The highest BCUT2D eigenvalue weighted by Gasteiger charge is 2.27. The first-order chi connectivity index (χ1) is 17.4. The van der Waals surface area contributed by atoms with Gasteiger partial charge >= 0.3 is 0 Å². The van der Waals surface area contributed by atoms with E-state index in [1.165, 1.54) is 10.8 Å². The summed E-state index contributed by atoms with van der Waals surface area (Å²) in [5.74, 6) is 0. The Hall–Kier alpha value is -3.43. The van der Waals surface area contributed by atoms with E-state index in [1.807, 2.05) is 11.6 Å². The van der Waals surface area contributed by atoms with E-state index in [1.54, 1.807) is 6.20 Å². The maximum absolute atomic E-state index is 8.18. The zero-order chi connectivity index (χ0) is 26.3. The van der Waals surface area contributed by atoms with Crippen molar-refractivity contribution in [2.45, 2.75) is 33.4 Å². The Bertz CT molecular complexity index is 1880. The molecule has 0 aliphatic heterocycles. The van der Waals surface area contributed by atoms with Crippen LogP contribution in [0.1, 0.15) is 15.2 Å². The van der Waals surface area contributed by atoms with Gasteiger partial charge in [-0.15, -0.1) is 0 Å². The molecular formula is C31H30NOSi+. The van der Waals surface area contributed by atoms with Crippen LogP contribution in [0.2, 0.25) is 19.6 Å². The Morgan fingerprint density at radius 2 is 1.50 bits per heavy atom. The second-order valence-electron chi connectivity index (χ2n) is 10.4. The fourth-order valence-electron chi connectivity index (χ4n) is 5.32. The first-order valence-electron chi connectivity index (χ1n) is 13.3. The highest BCUT2D eigenvalue weighted by molar-refractivity contribution is 6.89. The van der Waals surface area contributed by atoms with Crippen LogP contribution in [0.3, 0.4) is 0 Å². The molecule has 2 heterocycles. The quantitative estimate of drug-likeness (QED) is 0.147. The minimum Gasteiger partial charge on any atom is -0.454 e. The van der Waals surface area contributed by atoms with Gasteiger partial charge in [0, 0.05) is 31.9 Å². The van der Waals surface area contributed by atoms with E-state index in [0.29, 0.717) is 5.56 Å². The van der Waals surface area contributed by atoms with E-state index < -0.39 is 14.9 Å². The van der Waals surface area contributed by atoms with E-state index in [4.69, 9.17) is 8.53 Å². The average Bonchev–Trinajstić information content (AvgIpc) is 3.21. The van der Waals surface area contributed by atoms with Crippen molar-refractivity contribution in [3.05, 3.63) is 84.1 Å². The van der Waals surface area contributed by atoms with Gasteiger partial charge in [0.15, 0.2) is 6.20 Å². The summed E-state index contributed by atoms with van der Waals surface area (Å²) in [4.78, 5) is 0. The Balaban J connectivity index is 1.74. The third kappa shape index (κ3) is 3.04. The number of rotatable bonds is 2. The molecule has 6 rings (SSSR count). The van der Waals surface area contributed by atoms with Crippen LogP contribution in [0.25, 0.3) is 54.7 Å². The monoisotopic (exact) mass is 463 g/mol. The lowest BCUT2D eigenvalue weighted by molar-refractivity contribution is -0.660. The first-order valence-corrected chi connectivity index (χ1v) is 15.3. The second kappa shape index (κ2) is 7.28. The predicted octanol–water partition coefficient (Wildman–Crippen LogP) is 7.55. The Labute approximate surface area is 205 Å². The lowest BCUT2D eigenvalue weighted by Crippen LogP contribution is -2.44. The normalized spacial score (nSPS) is 14.1. The molecule has 168 valence electrons. The van der Waals surface area contributed by atoms with Gasteiger partial charge in [-0.25, -0.2) is 4.57 Å². The molecule has 0 radical (unpaired) electrons. The van der Waals surface area contributed by atoms with Gasteiger partial charge in [0.25, 0.3) is 0 Å². The number of furan rings is 1. The summed E-state index contributed by atoms with van der Waals surface area (Å²) in [6, 6.07) is 23.5. The van der Waals surface area contributed by atoms with Crippen molar-refractivity contribution in [2.24, 2.45) is 7.05 Å². The van der Waals surface area contributed by atoms with Crippen LogP contribution in [-0.2, 0) is 7.05 Å². The highest BCUT2D eigenvalue weighted by atomic mass is 28.3. The number of aromatic nitrogens is 1. The maximum Gasteiger partial charge on any atom is 0.216 e. The number of fused-ring (bicyclic) bond motifs is 7. The lowest BCUT2D eigenvalue weighted by Gasteiger charge is -2.19. The summed E-state index contributed by atoms with van der Waals surface area (Å²) in [5.41, 5.74) is 5.27. The van der Waals surface area contributed by atoms with Gasteiger partial charge in [0.1, 0.15) is 18.2 Å². The third-order valence-corrected chi connectivity index (χ3v) is 9.09. The van der Waals surface area contributed by atoms with Crippen LogP contribution in [-0.4, -0.2) is 8.07 Å². The van der Waals surface area contributed by atoms with Crippen LogP contribution in [0.15, 0.2) is 77.3 Å².